The Hall–Kier alpha value is -0.550. The lowest BCUT2D eigenvalue weighted by Gasteiger charge is -2.18. The first-order chi connectivity index (χ1) is 7.85. The maximum atomic E-state index is 8.72. The van der Waals surface area contributed by atoms with Crippen molar-refractivity contribution in [3.63, 3.8) is 0 Å². The summed E-state index contributed by atoms with van der Waals surface area (Å²) in [7, 11) is 0. The van der Waals surface area contributed by atoms with E-state index in [-0.39, 0.29) is 0 Å². The van der Waals surface area contributed by atoms with Crippen molar-refractivity contribution in [2.75, 3.05) is 19.6 Å². The van der Waals surface area contributed by atoms with E-state index in [0.29, 0.717) is 6.54 Å². The smallest absolute Gasteiger partial charge is 0.0865 e. The quantitative estimate of drug-likeness (QED) is 0.392. The van der Waals surface area contributed by atoms with Gasteiger partial charge in [0.15, 0.2) is 0 Å². The number of nitriles is 1. The molecule has 0 rings (SSSR count). The molecule has 0 N–H and O–H groups in total. The summed E-state index contributed by atoms with van der Waals surface area (Å²) in [5.41, 5.74) is 0. The largest absolute Gasteiger partial charge is 0.291 e. The second-order valence-electron chi connectivity index (χ2n) is 4.56. The van der Waals surface area contributed by atoms with Crippen LogP contribution < -0.4 is 0 Å². The summed E-state index contributed by atoms with van der Waals surface area (Å²) >= 11 is 0. The molecule has 0 aliphatic rings. The lowest BCUT2D eigenvalue weighted by Crippen LogP contribution is -2.26. The molecule has 94 valence electrons. The van der Waals surface area contributed by atoms with Crippen molar-refractivity contribution < 1.29 is 0 Å². The molecular formula is C14H28N2. The molecule has 0 amide bonds. The van der Waals surface area contributed by atoms with Gasteiger partial charge in [0.25, 0.3) is 0 Å². The summed E-state index contributed by atoms with van der Waals surface area (Å²) in [4.78, 5) is 2.29. The second kappa shape index (κ2) is 12.5. The van der Waals surface area contributed by atoms with E-state index >= 15 is 0 Å². The van der Waals surface area contributed by atoms with Crippen LogP contribution in [0, 0.1) is 11.3 Å². The molecule has 0 bridgehead atoms. The predicted molar refractivity (Wildman–Crippen MR) is 70.3 cm³/mol. The van der Waals surface area contributed by atoms with E-state index in [1.165, 1.54) is 51.4 Å². The Morgan fingerprint density at radius 1 is 0.812 bits per heavy atom. The van der Waals surface area contributed by atoms with Crippen LogP contribution in [-0.2, 0) is 0 Å². The van der Waals surface area contributed by atoms with Crippen LogP contribution in [0.25, 0.3) is 0 Å². The van der Waals surface area contributed by atoms with E-state index < -0.39 is 0 Å². The first-order valence-corrected chi connectivity index (χ1v) is 6.94. The average molecular weight is 224 g/mol. The van der Waals surface area contributed by atoms with Crippen molar-refractivity contribution >= 4 is 0 Å². The molecule has 0 aliphatic carbocycles. The van der Waals surface area contributed by atoms with Gasteiger partial charge in [0.2, 0.25) is 0 Å². The van der Waals surface area contributed by atoms with Crippen LogP contribution in [0.15, 0.2) is 0 Å². The third-order valence-corrected chi connectivity index (χ3v) is 2.95. The molecule has 0 radical (unpaired) electrons. The predicted octanol–water partition coefficient (Wildman–Crippen LogP) is 3.97. The van der Waals surface area contributed by atoms with Gasteiger partial charge in [-0.25, -0.2) is 0 Å². The molecule has 0 aromatic heterocycles. The monoisotopic (exact) mass is 224 g/mol. The molecule has 2 heteroatoms. The molecule has 0 heterocycles. The highest BCUT2D eigenvalue weighted by Gasteiger charge is 2.02. The molecule has 0 unspecified atom stereocenters. The third kappa shape index (κ3) is 9.98. The Bertz CT molecular complexity index is 172. The van der Waals surface area contributed by atoms with Gasteiger partial charge in [-0.15, -0.1) is 0 Å². The summed E-state index contributed by atoms with van der Waals surface area (Å²) in [5, 5.41) is 8.72. The number of hydrogen-bond acceptors (Lipinski definition) is 2. The van der Waals surface area contributed by atoms with Crippen LogP contribution in [0.3, 0.4) is 0 Å². The summed E-state index contributed by atoms with van der Waals surface area (Å²) < 4.78 is 0. The number of unbranched alkanes of at least 4 members (excludes halogenated alkanes) is 6. The van der Waals surface area contributed by atoms with Crippen molar-refractivity contribution in [2.24, 2.45) is 0 Å². The van der Waals surface area contributed by atoms with Gasteiger partial charge < -0.3 is 0 Å². The molecular weight excluding hydrogens is 196 g/mol. The van der Waals surface area contributed by atoms with E-state index in [4.69, 9.17) is 5.26 Å². The Labute approximate surface area is 102 Å². The maximum absolute atomic E-state index is 8.72. The molecule has 0 spiro atoms. The molecule has 2 nitrogen and oxygen atoms in total. The number of nitrogens with zero attached hydrogens (tertiary/aromatic N) is 2. The second-order valence-corrected chi connectivity index (χ2v) is 4.56. The van der Waals surface area contributed by atoms with Crippen molar-refractivity contribution in [1.82, 2.24) is 4.90 Å². The third-order valence-electron chi connectivity index (χ3n) is 2.95. The summed E-state index contributed by atoms with van der Waals surface area (Å²) in [6.45, 7) is 7.27. The minimum Gasteiger partial charge on any atom is -0.291 e. The molecule has 0 saturated carbocycles. The maximum Gasteiger partial charge on any atom is 0.0865 e. The highest BCUT2D eigenvalue weighted by Crippen LogP contribution is 2.06. The van der Waals surface area contributed by atoms with Gasteiger partial charge in [-0.3, -0.25) is 4.90 Å². The number of hydrogen-bond donors (Lipinski definition) is 0. The fraction of sp³-hybridized carbons (Fsp3) is 0.929. The van der Waals surface area contributed by atoms with Crippen molar-refractivity contribution in [2.45, 2.75) is 65.2 Å². The first kappa shape index (κ1) is 15.4. The van der Waals surface area contributed by atoms with E-state index in [2.05, 4.69) is 24.8 Å². The van der Waals surface area contributed by atoms with Crippen molar-refractivity contribution in [1.29, 1.82) is 5.26 Å². The van der Waals surface area contributed by atoms with Crippen LogP contribution >= 0.6 is 0 Å². The van der Waals surface area contributed by atoms with E-state index in [1.54, 1.807) is 0 Å². The van der Waals surface area contributed by atoms with Gasteiger partial charge in [0, 0.05) is 0 Å². The van der Waals surface area contributed by atoms with E-state index in [0.717, 1.165) is 13.1 Å². The Morgan fingerprint density at radius 3 is 2.00 bits per heavy atom. The molecule has 0 atom stereocenters. The molecule has 0 aromatic rings. The minimum absolute atomic E-state index is 0.606. The van der Waals surface area contributed by atoms with Crippen LogP contribution in [0.2, 0.25) is 0 Å². The van der Waals surface area contributed by atoms with Crippen LogP contribution in [0.5, 0.6) is 0 Å². The fourth-order valence-corrected chi connectivity index (χ4v) is 1.87. The first-order valence-electron chi connectivity index (χ1n) is 6.94. The zero-order valence-corrected chi connectivity index (χ0v) is 11.2. The fourth-order valence-electron chi connectivity index (χ4n) is 1.87. The minimum atomic E-state index is 0.606. The molecule has 0 aromatic carbocycles. The van der Waals surface area contributed by atoms with Crippen molar-refractivity contribution in [3.8, 4) is 6.07 Å². The highest BCUT2D eigenvalue weighted by atomic mass is 15.1. The van der Waals surface area contributed by atoms with Gasteiger partial charge >= 0.3 is 0 Å². The standard InChI is InChI=1S/C14H28N2/c1-3-5-7-8-9-10-13-16(14-11-15)12-6-4-2/h3-10,12-14H2,1-2H3. The van der Waals surface area contributed by atoms with Gasteiger partial charge in [0.05, 0.1) is 12.6 Å². The summed E-state index contributed by atoms with van der Waals surface area (Å²) in [6, 6.07) is 2.26. The topological polar surface area (TPSA) is 27.0 Å². The Balaban J connectivity index is 3.41. The van der Waals surface area contributed by atoms with Crippen LogP contribution in [0.1, 0.15) is 65.2 Å². The molecule has 0 fully saturated rings. The average Bonchev–Trinajstić information content (AvgIpc) is 2.30. The van der Waals surface area contributed by atoms with Gasteiger partial charge in [-0.1, -0.05) is 52.4 Å². The van der Waals surface area contributed by atoms with Crippen LogP contribution in [0.4, 0.5) is 0 Å². The van der Waals surface area contributed by atoms with Crippen LogP contribution in [-0.4, -0.2) is 24.5 Å². The lowest BCUT2D eigenvalue weighted by molar-refractivity contribution is 0.292. The molecule has 0 saturated heterocycles. The van der Waals surface area contributed by atoms with E-state index in [1.807, 2.05) is 0 Å². The highest BCUT2D eigenvalue weighted by molar-refractivity contribution is 4.76. The normalized spacial score (nSPS) is 10.6. The SMILES string of the molecule is CCCCCCCCN(CC#N)CCCC. The van der Waals surface area contributed by atoms with Crippen molar-refractivity contribution in [3.05, 3.63) is 0 Å². The van der Waals surface area contributed by atoms with Gasteiger partial charge in [0.1, 0.15) is 0 Å². The van der Waals surface area contributed by atoms with Gasteiger partial charge in [-0.2, -0.15) is 5.26 Å². The number of rotatable bonds is 11. The summed E-state index contributed by atoms with van der Waals surface area (Å²) in [6.07, 6.45) is 10.5. The Morgan fingerprint density at radius 2 is 1.38 bits per heavy atom. The molecule has 0 aliphatic heterocycles. The zero-order chi connectivity index (χ0) is 12.1. The Kier molecular flexibility index (Phi) is 12.1. The zero-order valence-electron chi connectivity index (χ0n) is 11.2. The lowest BCUT2D eigenvalue weighted by atomic mass is 10.1. The summed E-state index contributed by atoms with van der Waals surface area (Å²) in [5.74, 6) is 0. The van der Waals surface area contributed by atoms with E-state index in [9.17, 15) is 0 Å². The molecule has 16 heavy (non-hydrogen) atoms. The van der Waals surface area contributed by atoms with Gasteiger partial charge in [-0.05, 0) is 25.9 Å².